The molecule has 0 aliphatic heterocycles. The third-order valence-electron chi connectivity index (χ3n) is 3.18. The average Bonchev–Trinajstić information content (AvgIpc) is 2.64. The summed E-state index contributed by atoms with van der Waals surface area (Å²) in [6.45, 7) is 12.3. The van der Waals surface area contributed by atoms with Gasteiger partial charge in [-0.3, -0.25) is 0 Å². The van der Waals surface area contributed by atoms with Gasteiger partial charge in [0.05, 0.1) is 12.3 Å². The number of hydrogen-bond acceptors (Lipinski definition) is 2. The van der Waals surface area contributed by atoms with Crippen molar-refractivity contribution in [1.82, 2.24) is 5.32 Å². The first kappa shape index (κ1) is 12.3. The van der Waals surface area contributed by atoms with Crippen molar-refractivity contribution in [3.05, 3.63) is 24.2 Å². The van der Waals surface area contributed by atoms with Gasteiger partial charge in [0.15, 0.2) is 0 Å². The van der Waals surface area contributed by atoms with Gasteiger partial charge in [0.2, 0.25) is 0 Å². The summed E-state index contributed by atoms with van der Waals surface area (Å²) in [6.07, 6.45) is 1.72. The zero-order valence-electron chi connectivity index (χ0n) is 10.5. The monoisotopic (exact) mass is 209 g/mol. The largest absolute Gasteiger partial charge is 0.468 e. The molecule has 1 N–H and O–H groups in total. The maximum Gasteiger partial charge on any atom is 0.120 e. The normalized spacial score (nSPS) is 16.3. The zero-order valence-corrected chi connectivity index (χ0v) is 10.5. The molecule has 1 rings (SSSR count). The summed E-state index contributed by atoms with van der Waals surface area (Å²) in [4.78, 5) is 0. The Bertz CT molecular complexity index is 271. The highest BCUT2D eigenvalue weighted by Gasteiger charge is 2.20. The maximum absolute atomic E-state index is 5.35. The molecule has 0 aromatic carbocycles. The second-order valence-electron chi connectivity index (χ2n) is 5.41. The van der Waals surface area contributed by atoms with E-state index in [1.54, 1.807) is 6.26 Å². The molecular weight excluding hydrogens is 186 g/mol. The van der Waals surface area contributed by atoms with E-state index in [1.165, 1.54) is 0 Å². The summed E-state index contributed by atoms with van der Waals surface area (Å²) in [5.41, 5.74) is 0.357. The van der Waals surface area contributed by atoms with Crippen molar-refractivity contribution in [1.29, 1.82) is 0 Å². The average molecular weight is 209 g/mol. The Morgan fingerprint density at radius 1 is 1.33 bits per heavy atom. The minimum atomic E-state index is 0.296. The molecule has 0 saturated carbocycles. The number of hydrogen-bond donors (Lipinski definition) is 1. The third-order valence-corrected chi connectivity index (χ3v) is 3.18. The van der Waals surface area contributed by atoms with Crippen LogP contribution in [0.25, 0.3) is 0 Å². The molecule has 0 spiro atoms. The van der Waals surface area contributed by atoms with Crippen LogP contribution in [0.3, 0.4) is 0 Å². The standard InChI is InChI=1S/C13H23NO/c1-10(13(3,4)5)9-14-11(2)12-7-6-8-15-12/h6-8,10-11,14H,9H2,1-5H3. The van der Waals surface area contributed by atoms with Gasteiger partial charge in [-0.05, 0) is 36.9 Å². The molecule has 1 heterocycles. The Morgan fingerprint density at radius 2 is 2.00 bits per heavy atom. The van der Waals surface area contributed by atoms with Gasteiger partial charge >= 0.3 is 0 Å². The van der Waals surface area contributed by atoms with Crippen molar-refractivity contribution in [2.75, 3.05) is 6.54 Å². The highest BCUT2D eigenvalue weighted by Crippen LogP contribution is 2.25. The van der Waals surface area contributed by atoms with Gasteiger partial charge in [-0.2, -0.15) is 0 Å². The summed E-state index contributed by atoms with van der Waals surface area (Å²) in [5, 5.41) is 3.50. The minimum Gasteiger partial charge on any atom is -0.468 e. The van der Waals surface area contributed by atoms with Crippen LogP contribution in [0.1, 0.15) is 46.4 Å². The molecule has 86 valence electrons. The molecule has 15 heavy (non-hydrogen) atoms. The van der Waals surface area contributed by atoms with Gasteiger partial charge in [-0.15, -0.1) is 0 Å². The molecule has 2 heteroatoms. The zero-order chi connectivity index (χ0) is 11.5. The Balaban J connectivity index is 2.38. The smallest absolute Gasteiger partial charge is 0.120 e. The molecule has 0 fully saturated rings. The third kappa shape index (κ3) is 3.71. The molecule has 0 saturated heterocycles. The van der Waals surface area contributed by atoms with Crippen molar-refractivity contribution in [3.8, 4) is 0 Å². The fourth-order valence-electron chi connectivity index (χ4n) is 1.30. The van der Waals surface area contributed by atoms with Crippen molar-refractivity contribution < 1.29 is 4.42 Å². The predicted octanol–water partition coefficient (Wildman–Crippen LogP) is 3.61. The first-order valence-corrected chi connectivity index (χ1v) is 5.68. The molecule has 1 aromatic heterocycles. The molecule has 2 nitrogen and oxygen atoms in total. The van der Waals surface area contributed by atoms with Gasteiger partial charge < -0.3 is 9.73 Å². The van der Waals surface area contributed by atoms with Crippen LogP contribution in [0, 0.1) is 11.3 Å². The Labute approximate surface area is 93.1 Å². The Kier molecular flexibility index (Phi) is 3.97. The van der Waals surface area contributed by atoms with Crippen LogP contribution in [0.2, 0.25) is 0 Å². The highest BCUT2D eigenvalue weighted by atomic mass is 16.3. The lowest BCUT2D eigenvalue weighted by atomic mass is 9.82. The summed E-state index contributed by atoms with van der Waals surface area (Å²) < 4.78 is 5.35. The van der Waals surface area contributed by atoms with E-state index in [4.69, 9.17) is 4.42 Å². The maximum atomic E-state index is 5.35. The van der Waals surface area contributed by atoms with Crippen molar-refractivity contribution >= 4 is 0 Å². The lowest BCUT2D eigenvalue weighted by Gasteiger charge is -2.28. The van der Waals surface area contributed by atoms with Gasteiger partial charge in [-0.25, -0.2) is 0 Å². The van der Waals surface area contributed by atoms with Crippen LogP contribution in [-0.2, 0) is 0 Å². The van der Waals surface area contributed by atoms with Gasteiger partial charge in [0, 0.05) is 0 Å². The Morgan fingerprint density at radius 3 is 2.47 bits per heavy atom. The van der Waals surface area contributed by atoms with Crippen LogP contribution in [0.4, 0.5) is 0 Å². The second-order valence-corrected chi connectivity index (χ2v) is 5.41. The Hall–Kier alpha value is -0.760. The fourth-order valence-corrected chi connectivity index (χ4v) is 1.30. The molecule has 0 aliphatic carbocycles. The van der Waals surface area contributed by atoms with Gasteiger partial charge in [0.25, 0.3) is 0 Å². The summed E-state index contributed by atoms with van der Waals surface area (Å²) in [7, 11) is 0. The van der Waals surface area contributed by atoms with Gasteiger partial charge in [-0.1, -0.05) is 27.7 Å². The van der Waals surface area contributed by atoms with Crippen LogP contribution in [0.15, 0.2) is 22.8 Å². The molecular formula is C13H23NO. The topological polar surface area (TPSA) is 25.2 Å². The quantitative estimate of drug-likeness (QED) is 0.819. The van der Waals surface area contributed by atoms with Crippen molar-refractivity contribution in [3.63, 3.8) is 0 Å². The van der Waals surface area contributed by atoms with E-state index < -0.39 is 0 Å². The van der Waals surface area contributed by atoms with E-state index in [1.807, 2.05) is 12.1 Å². The predicted molar refractivity (Wildman–Crippen MR) is 63.7 cm³/mol. The molecule has 2 atom stereocenters. The van der Waals surface area contributed by atoms with Gasteiger partial charge in [0.1, 0.15) is 5.76 Å². The van der Waals surface area contributed by atoms with E-state index in [0.717, 1.165) is 12.3 Å². The molecule has 0 radical (unpaired) electrons. The van der Waals surface area contributed by atoms with Crippen LogP contribution in [-0.4, -0.2) is 6.54 Å². The van der Waals surface area contributed by atoms with Crippen LogP contribution >= 0.6 is 0 Å². The number of nitrogens with one attached hydrogen (secondary N) is 1. The molecule has 1 aromatic rings. The van der Waals surface area contributed by atoms with Crippen molar-refractivity contribution in [2.45, 2.75) is 40.7 Å². The summed E-state index contributed by atoms with van der Waals surface area (Å²) in [5.74, 6) is 1.66. The molecule has 0 amide bonds. The molecule has 0 aliphatic rings. The van der Waals surface area contributed by atoms with E-state index in [0.29, 0.717) is 17.4 Å². The fraction of sp³-hybridized carbons (Fsp3) is 0.692. The SMILES string of the molecule is CC(NCC(C)C(C)(C)C)c1ccco1. The minimum absolute atomic E-state index is 0.296. The highest BCUT2D eigenvalue weighted by molar-refractivity contribution is 5.02. The molecule has 0 bridgehead atoms. The summed E-state index contributed by atoms with van der Waals surface area (Å²) in [6, 6.07) is 4.24. The summed E-state index contributed by atoms with van der Waals surface area (Å²) >= 11 is 0. The van der Waals surface area contributed by atoms with Crippen molar-refractivity contribution in [2.24, 2.45) is 11.3 Å². The molecule has 2 unspecified atom stereocenters. The second kappa shape index (κ2) is 4.84. The van der Waals surface area contributed by atoms with E-state index in [9.17, 15) is 0 Å². The van der Waals surface area contributed by atoms with Crippen LogP contribution < -0.4 is 5.32 Å². The van der Waals surface area contributed by atoms with Crippen LogP contribution in [0.5, 0.6) is 0 Å². The first-order chi connectivity index (χ1) is 6.91. The lowest BCUT2D eigenvalue weighted by molar-refractivity contribution is 0.243. The number of furan rings is 1. The lowest BCUT2D eigenvalue weighted by Crippen LogP contribution is -2.31. The number of rotatable bonds is 4. The van der Waals surface area contributed by atoms with E-state index >= 15 is 0 Å². The van der Waals surface area contributed by atoms with E-state index in [-0.39, 0.29) is 0 Å². The van der Waals surface area contributed by atoms with E-state index in [2.05, 4.69) is 39.9 Å². The first-order valence-electron chi connectivity index (χ1n) is 5.68.